The molecule has 0 saturated carbocycles. The summed E-state index contributed by atoms with van der Waals surface area (Å²) in [5.74, 6) is -0.0189. The molecule has 0 spiro atoms. The molecular weight excluding hydrogens is 314 g/mol. The lowest BCUT2D eigenvalue weighted by Gasteiger charge is -2.13. The second kappa shape index (κ2) is 8.29. The fourth-order valence-electron chi connectivity index (χ4n) is 2.19. The van der Waals surface area contributed by atoms with Gasteiger partial charge in [0.25, 0.3) is 5.91 Å². The van der Waals surface area contributed by atoms with Crippen LogP contribution in [-0.2, 0) is 6.42 Å². The highest BCUT2D eigenvalue weighted by atomic mass is 19.3. The molecule has 0 aliphatic carbocycles. The molecule has 0 heterocycles. The standard InChI is InChI=1S/C18H20F2N2O2/c1-22(2)15-5-3-4-14(12-15)17(23)21-11-10-13-6-8-16(9-7-13)24-18(19)20/h3-9,12,18H,10-11H2,1-2H3,(H,21,23). The van der Waals surface area contributed by atoms with Crippen molar-refractivity contribution in [2.45, 2.75) is 13.0 Å². The van der Waals surface area contributed by atoms with Crippen LogP contribution in [0.25, 0.3) is 0 Å². The molecule has 0 aromatic heterocycles. The van der Waals surface area contributed by atoms with Crippen LogP contribution in [0.2, 0.25) is 0 Å². The lowest BCUT2D eigenvalue weighted by Crippen LogP contribution is -2.25. The van der Waals surface area contributed by atoms with E-state index in [1.807, 2.05) is 37.2 Å². The van der Waals surface area contributed by atoms with E-state index in [-0.39, 0.29) is 11.7 Å². The number of nitrogens with one attached hydrogen (secondary N) is 1. The van der Waals surface area contributed by atoms with Gasteiger partial charge in [-0.3, -0.25) is 4.79 Å². The quantitative estimate of drug-likeness (QED) is 0.844. The maximum absolute atomic E-state index is 12.2. The van der Waals surface area contributed by atoms with E-state index >= 15 is 0 Å². The third kappa shape index (κ3) is 5.22. The average Bonchev–Trinajstić information content (AvgIpc) is 2.56. The molecule has 128 valence electrons. The summed E-state index contributed by atoms with van der Waals surface area (Å²) in [4.78, 5) is 14.1. The Hall–Kier alpha value is -2.63. The third-order valence-corrected chi connectivity index (χ3v) is 3.47. The van der Waals surface area contributed by atoms with Gasteiger partial charge in [-0.1, -0.05) is 18.2 Å². The van der Waals surface area contributed by atoms with E-state index in [0.717, 1.165) is 11.3 Å². The van der Waals surface area contributed by atoms with Crippen molar-refractivity contribution in [1.29, 1.82) is 0 Å². The number of hydrogen-bond acceptors (Lipinski definition) is 3. The predicted octanol–water partition coefficient (Wildman–Crippen LogP) is 3.33. The molecule has 0 atom stereocenters. The van der Waals surface area contributed by atoms with Gasteiger partial charge >= 0.3 is 6.61 Å². The summed E-state index contributed by atoms with van der Waals surface area (Å²) in [6.07, 6.45) is 0.605. The van der Waals surface area contributed by atoms with Gasteiger partial charge in [-0.05, 0) is 42.3 Å². The Morgan fingerprint density at radius 3 is 2.50 bits per heavy atom. The molecular formula is C18H20F2N2O2. The number of hydrogen-bond donors (Lipinski definition) is 1. The first kappa shape index (κ1) is 17.7. The Bertz CT molecular complexity index is 673. The minimum atomic E-state index is -2.83. The zero-order valence-corrected chi connectivity index (χ0v) is 13.6. The molecule has 0 aliphatic heterocycles. The number of carbonyl (C=O) groups is 1. The largest absolute Gasteiger partial charge is 0.435 e. The van der Waals surface area contributed by atoms with Gasteiger partial charge in [-0.2, -0.15) is 8.78 Å². The number of ether oxygens (including phenoxy) is 1. The highest BCUT2D eigenvalue weighted by Gasteiger charge is 2.07. The van der Waals surface area contributed by atoms with Crippen molar-refractivity contribution < 1.29 is 18.3 Å². The average molecular weight is 334 g/mol. The maximum Gasteiger partial charge on any atom is 0.387 e. The van der Waals surface area contributed by atoms with E-state index in [1.54, 1.807) is 18.2 Å². The molecule has 0 unspecified atom stereocenters. The normalized spacial score (nSPS) is 10.5. The molecule has 2 aromatic rings. The number of alkyl halides is 2. The van der Waals surface area contributed by atoms with E-state index in [0.29, 0.717) is 18.5 Å². The van der Waals surface area contributed by atoms with Gasteiger partial charge < -0.3 is 15.0 Å². The minimum absolute atomic E-state index is 0.123. The smallest absolute Gasteiger partial charge is 0.387 e. The summed E-state index contributed by atoms with van der Waals surface area (Å²) >= 11 is 0. The van der Waals surface area contributed by atoms with Gasteiger partial charge in [-0.25, -0.2) is 0 Å². The molecule has 0 saturated heterocycles. The van der Waals surface area contributed by atoms with Crippen LogP contribution in [0.5, 0.6) is 5.75 Å². The topological polar surface area (TPSA) is 41.6 Å². The van der Waals surface area contributed by atoms with Crippen LogP contribution < -0.4 is 15.0 Å². The van der Waals surface area contributed by atoms with Gasteiger partial charge in [0.2, 0.25) is 0 Å². The molecule has 24 heavy (non-hydrogen) atoms. The number of halogens is 2. The number of anilines is 1. The SMILES string of the molecule is CN(C)c1cccc(C(=O)NCCc2ccc(OC(F)F)cc2)c1. The molecule has 0 radical (unpaired) electrons. The van der Waals surface area contributed by atoms with Crippen LogP contribution >= 0.6 is 0 Å². The Kier molecular flexibility index (Phi) is 6.12. The van der Waals surface area contributed by atoms with Crippen LogP contribution in [0, 0.1) is 0 Å². The van der Waals surface area contributed by atoms with Gasteiger partial charge in [0.1, 0.15) is 5.75 Å². The molecule has 0 aliphatic rings. The van der Waals surface area contributed by atoms with Crippen LogP contribution in [-0.4, -0.2) is 33.2 Å². The first-order valence-corrected chi connectivity index (χ1v) is 7.55. The molecule has 4 nitrogen and oxygen atoms in total. The van der Waals surface area contributed by atoms with Crippen molar-refractivity contribution in [2.75, 3.05) is 25.5 Å². The molecule has 2 aromatic carbocycles. The summed E-state index contributed by atoms with van der Waals surface area (Å²) in [6, 6.07) is 13.7. The zero-order valence-electron chi connectivity index (χ0n) is 13.6. The molecule has 6 heteroatoms. The van der Waals surface area contributed by atoms with Crippen molar-refractivity contribution >= 4 is 11.6 Å². The van der Waals surface area contributed by atoms with Crippen LogP contribution in [0.3, 0.4) is 0 Å². The molecule has 0 fully saturated rings. The lowest BCUT2D eigenvalue weighted by molar-refractivity contribution is -0.0498. The van der Waals surface area contributed by atoms with E-state index < -0.39 is 6.61 Å². The highest BCUT2D eigenvalue weighted by Crippen LogP contribution is 2.15. The first-order valence-electron chi connectivity index (χ1n) is 7.55. The van der Waals surface area contributed by atoms with E-state index in [4.69, 9.17) is 0 Å². The van der Waals surface area contributed by atoms with E-state index in [1.165, 1.54) is 12.1 Å². The fourth-order valence-corrected chi connectivity index (χ4v) is 2.19. The molecule has 1 amide bonds. The minimum Gasteiger partial charge on any atom is -0.435 e. The number of carbonyl (C=O) groups excluding carboxylic acids is 1. The van der Waals surface area contributed by atoms with Crippen molar-refractivity contribution in [1.82, 2.24) is 5.32 Å². The van der Waals surface area contributed by atoms with Crippen molar-refractivity contribution in [3.8, 4) is 5.75 Å². The predicted molar refractivity (Wildman–Crippen MR) is 89.9 cm³/mol. The summed E-state index contributed by atoms with van der Waals surface area (Å²) < 4.78 is 28.5. The van der Waals surface area contributed by atoms with Crippen LogP contribution in [0.1, 0.15) is 15.9 Å². The lowest BCUT2D eigenvalue weighted by atomic mass is 10.1. The Morgan fingerprint density at radius 2 is 1.88 bits per heavy atom. The Morgan fingerprint density at radius 1 is 1.17 bits per heavy atom. The summed E-state index contributed by atoms with van der Waals surface area (Å²) in [6.45, 7) is -2.37. The van der Waals surface area contributed by atoms with E-state index in [9.17, 15) is 13.6 Å². The molecule has 0 bridgehead atoms. The van der Waals surface area contributed by atoms with Crippen LogP contribution in [0.4, 0.5) is 14.5 Å². The second-order valence-electron chi connectivity index (χ2n) is 5.47. The van der Waals surface area contributed by atoms with Gasteiger partial charge in [0.05, 0.1) is 0 Å². The van der Waals surface area contributed by atoms with E-state index in [2.05, 4.69) is 10.1 Å². The monoisotopic (exact) mass is 334 g/mol. The second-order valence-corrected chi connectivity index (χ2v) is 5.47. The maximum atomic E-state index is 12.2. The number of amides is 1. The summed E-state index contributed by atoms with van der Waals surface area (Å²) in [5, 5.41) is 2.85. The molecule has 1 N–H and O–H groups in total. The number of benzene rings is 2. The third-order valence-electron chi connectivity index (χ3n) is 3.47. The Balaban J connectivity index is 1.85. The molecule has 2 rings (SSSR count). The zero-order chi connectivity index (χ0) is 17.5. The van der Waals surface area contributed by atoms with Gasteiger partial charge in [0, 0.05) is 31.9 Å². The summed E-state index contributed by atoms with van der Waals surface area (Å²) in [5.41, 5.74) is 2.48. The number of nitrogens with zero attached hydrogens (tertiary/aromatic N) is 1. The van der Waals surface area contributed by atoms with Crippen molar-refractivity contribution in [2.24, 2.45) is 0 Å². The van der Waals surface area contributed by atoms with Gasteiger partial charge in [-0.15, -0.1) is 0 Å². The van der Waals surface area contributed by atoms with Gasteiger partial charge in [0.15, 0.2) is 0 Å². The first-order chi connectivity index (χ1) is 11.5. The van der Waals surface area contributed by atoms with Crippen molar-refractivity contribution in [3.05, 3.63) is 59.7 Å². The Labute approximate surface area is 140 Å². The summed E-state index contributed by atoms with van der Waals surface area (Å²) in [7, 11) is 3.83. The van der Waals surface area contributed by atoms with Crippen LogP contribution in [0.15, 0.2) is 48.5 Å². The fraction of sp³-hybridized carbons (Fsp3) is 0.278. The highest BCUT2D eigenvalue weighted by molar-refractivity contribution is 5.95. The number of rotatable bonds is 7. The van der Waals surface area contributed by atoms with Crippen molar-refractivity contribution in [3.63, 3.8) is 0 Å².